The van der Waals surface area contributed by atoms with Gasteiger partial charge in [-0.25, -0.2) is 18.2 Å². The van der Waals surface area contributed by atoms with Crippen LogP contribution in [0.1, 0.15) is 73.4 Å². The predicted octanol–water partition coefficient (Wildman–Crippen LogP) is 5.45. The number of benzene rings is 1. The van der Waals surface area contributed by atoms with Crippen molar-refractivity contribution >= 4 is 11.8 Å². The topological polar surface area (TPSA) is 87.2 Å². The highest BCUT2D eigenvalue weighted by atomic mass is 19.3. The summed E-state index contributed by atoms with van der Waals surface area (Å²) in [6, 6.07) is 6.15. The van der Waals surface area contributed by atoms with Crippen molar-refractivity contribution in [2.45, 2.75) is 82.4 Å². The van der Waals surface area contributed by atoms with E-state index in [9.17, 15) is 18.7 Å². The summed E-state index contributed by atoms with van der Waals surface area (Å²) in [4.78, 5) is 20.9. The lowest BCUT2D eigenvalue weighted by molar-refractivity contribution is -0.143. The van der Waals surface area contributed by atoms with E-state index in [-0.39, 0.29) is 49.9 Å². The number of pyridine rings is 1. The number of carboxylic acid groups (broad SMARTS) is 1. The number of aryl methyl sites for hydroxylation is 2. The van der Waals surface area contributed by atoms with Crippen LogP contribution in [0.5, 0.6) is 5.75 Å². The molecule has 0 saturated carbocycles. The molecule has 0 aliphatic carbocycles. The van der Waals surface area contributed by atoms with Gasteiger partial charge in [0.25, 0.3) is 5.92 Å². The van der Waals surface area contributed by atoms with Crippen molar-refractivity contribution in [3.05, 3.63) is 52.5 Å². The smallest absolute Gasteiger partial charge is 0.325 e. The van der Waals surface area contributed by atoms with Gasteiger partial charge < -0.3 is 19.9 Å². The molecule has 3 aliphatic rings. The Morgan fingerprint density at radius 1 is 1.19 bits per heavy atom. The lowest BCUT2D eigenvalue weighted by Crippen LogP contribution is -2.39. The van der Waals surface area contributed by atoms with Crippen LogP contribution in [0, 0.1) is 5.82 Å². The molecule has 3 aliphatic heterocycles. The number of hydrogen-bond donors (Lipinski definition) is 2. The van der Waals surface area contributed by atoms with Crippen molar-refractivity contribution in [2.24, 2.45) is 0 Å². The Balaban J connectivity index is 1.12. The molecule has 0 amide bonds. The highest BCUT2D eigenvalue weighted by Gasteiger charge is 2.37. The second kappa shape index (κ2) is 14.3. The van der Waals surface area contributed by atoms with Crippen LogP contribution in [0.15, 0.2) is 24.3 Å². The lowest BCUT2D eigenvalue weighted by Gasteiger charge is -2.32. The predicted molar refractivity (Wildman–Crippen MR) is 157 cm³/mol. The minimum atomic E-state index is -2.67. The number of unbranched alkanes of at least 4 members (excludes halogenated alkanes) is 2. The molecule has 2 aromatic rings. The van der Waals surface area contributed by atoms with Crippen molar-refractivity contribution in [3.8, 4) is 5.75 Å². The molecule has 11 heteroatoms. The van der Waals surface area contributed by atoms with Gasteiger partial charge in [0, 0.05) is 70.0 Å². The van der Waals surface area contributed by atoms with Crippen LogP contribution in [0.25, 0.3) is 0 Å². The third-order valence-corrected chi connectivity index (χ3v) is 8.78. The molecule has 236 valence electrons. The zero-order chi connectivity index (χ0) is 30.4. The number of fused-ring (bicyclic) bond motifs is 1. The van der Waals surface area contributed by atoms with E-state index in [1.807, 2.05) is 4.90 Å². The summed E-state index contributed by atoms with van der Waals surface area (Å²) in [5, 5.41) is 13.6. The summed E-state index contributed by atoms with van der Waals surface area (Å²) in [6.07, 6.45) is 6.19. The van der Waals surface area contributed by atoms with Crippen LogP contribution in [0.3, 0.4) is 0 Å². The van der Waals surface area contributed by atoms with Crippen molar-refractivity contribution in [3.63, 3.8) is 0 Å². The number of aromatic nitrogens is 1. The molecular weight excluding hydrogens is 561 g/mol. The van der Waals surface area contributed by atoms with Crippen molar-refractivity contribution in [2.75, 3.05) is 51.8 Å². The monoisotopic (exact) mass is 604 g/mol. The van der Waals surface area contributed by atoms with Crippen LogP contribution in [0.4, 0.5) is 19.0 Å². The Kier molecular flexibility index (Phi) is 10.5. The van der Waals surface area contributed by atoms with Gasteiger partial charge in [-0.2, -0.15) is 0 Å². The second-order valence-corrected chi connectivity index (χ2v) is 12.0. The Morgan fingerprint density at radius 3 is 2.77 bits per heavy atom. The normalized spacial score (nSPS) is 21.3. The lowest BCUT2D eigenvalue weighted by atomic mass is 9.99. The molecule has 2 N–H and O–H groups in total. The van der Waals surface area contributed by atoms with Gasteiger partial charge in [0.15, 0.2) is 11.6 Å². The maximum atomic E-state index is 15.1. The molecule has 2 atom stereocenters. The van der Waals surface area contributed by atoms with Gasteiger partial charge in [0.2, 0.25) is 0 Å². The van der Waals surface area contributed by atoms with Gasteiger partial charge in [-0.05, 0) is 67.9 Å². The average Bonchev–Trinajstić information content (AvgIpc) is 3.44. The standard InChI is InChI=1S/C32H43F3N4O4/c1-42-29-26(18-22(19-27(29)33)20-38-15-11-32(34,35)12-16-38)28(31(40)41)39-14-10-25(21-39)43-17-4-2-3-7-24-9-8-23-6-5-13-36-30(23)37-24/h8-9,18-19,25,28H,2-7,10-17,20-21H2,1H3,(H,36,37)(H,40,41)/t25-,28-/m1/s1. The fourth-order valence-electron chi connectivity index (χ4n) is 6.43. The first-order chi connectivity index (χ1) is 20.7. The number of carbonyl (C=O) groups is 1. The summed E-state index contributed by atoms with van der Waals surface area (Å²) in [5.41, 5.74) is 3.17. The molecule has 1 aromatic carbocycles. The van der Waals surface area contributed by atoms with E-state index in [2.05, 4.69) is 17.4 Å². The van der Waals surface area contributed by atoms with Gasteiger partial charge in [-0.1, -0.05) is 12.5 Å². The Labute approximate surface area is 251 Å². The van der Waals surface area contributed by atoms with Crippen LogP contribution >= 0.6 is 0 Å². The molecule has 1 aromatic heterocycles. The van der Waals surface area contributed by atoms with E-state index < -0.39 is 23.8 Å². The fourth-order valence-corrected chi connectivity index (χ4v) is 6.43. The number of ether oxygens (including phenoxy) is 2. The minimum Gasteiger partial charge on any atom is -0.493 e. The maximum Gasteiger partial charge on any atom is 0.325 e. The number of methoxy groups -OCH3 is 1. The van der Waals surface area contributed by atoms with Crippen LogP contribution in [-0.2, 0) is 28.9 Å². The molecule has 43 heavy (non-hydrogen) atoms. The number of hydrogen-bond acceptors (Lipinski definition) is 7. The third kappa shape index (κ3) is 8.19. The number of carboxylic acids is 1. The van der Waals surface area contributed by atoms with Gasteiger partial charge in [-0.15, -0.1) is 0 Å². The van der Waals surface area contributed by atoms with E-state index in [1.165, 1.54) is 18.7 Å². The Hall–Kier alpha value is -2.89. The van der Waals surface area contributed by atoms with E-state index in [1.54, 1.807) is 11.0 Å². The first-order valence-corrected chi connectivity index (χ1v) is 15.5. The fraction of sp³-hybridized carbons (Fsp3) is 0.625. The van der Waals surface area contributed by atoms with Gasteiger partial charge in [0.05, 0.1) is 13.2 Å². The number of nitrogens with one attached hydrogen (secondary N) is 1. The van der Waals surface area contributed by atoms with E-state index >= 15 is 4.39 Å². The summed E-state index contributed by atoms with van der Waals surface area (Å²) in [5.74, 6) is -3.50. The minimum absolute atomic E-state index is 0.102. The first-order valence-electron chi connectivity index (χ1n) is 15.5. The molecule has 5 rings (SSSR count). The van der Waals surface area contributed by atoms with Gasteiger partial charge in [-0.3, -0.25) is 14.6 Å². The number of piperidine rings is 1. The van der Waals surface area contributed by atoms with Crippen LogP contribution < -0.4 is 10.1 Å². The SMILES string of the molecule is COc1c(F)cc(CN2CCC(F)(F)CC2)cc1[C@H](C(=O)O)N1CC[C@@H](OCCCCCc2ccc3c(n2)NCCC3)C1. The number of alkyl halides is 2. The first kappa shape index (κ1) is 31.5. The second-order valence-electron chi connectivity index (χ2n) is 12.0. The van der Waals surface area contributed by atoms with Crippen molar-refractivity contribution < 1.29 is 32.5 Å². The molecule has 0 radical (unpaired) electrons. The zero-order valence-corrected chi connectivity index (χ0v) is 24.9. The zero-order valence-electron chi connectivity index (χ0n) is 24.9. The van der Waals surface area contributed by atoms with Crippen molar-refractivity contribution in [1.29, 1.82) is 0 Å². The van der Waals surface area contributed by atoms with Gasteiger partial charge in [0.1, 0.15) is 11.9 Å². The Bertz CT molecular complexity index is 1250. The molecule has 0 unspecified atom stereocenters. The van der Waals surface area contributed by atoms with Crippen molar-refractivity contribution in [1.82, 2.24) is 14.8 Å². The summed E-state index contributed by atoms with van der Waals surface area (Å²) in [6.45, 7) is 3.15. The number of nitrogens with zero attached hydrogens (tertiary/aromatic N) is 3. The van der Waals surface area contributed by atoms with E-state index in [4.69, 9.17) is 14.5 Å². The van der Waals surface area contributed by atoms with Crippen LogP contribution in [0.2, 0.25) is 0 Å². The average molecular weight is 605 g/mol. The molecule has 0 spiro atoms. The van der Waals surface area contributed by atoms with Gasteiger partial charge >= 0.3 is 5.97 Å². The third-order valence-electron chi connectivity index (χ3n) is 8.78. The van der Waals surface area contributed by atoms with Crippen LogP contribution in [-0.4, -0.2) is 84.3 Å². The molecule has 2 saturated heterocycles. The maximum absolute atomic E-state index is 15.1. The summed E-state index contributed by atoms with van der Waals surface area (Å²) < 4.78 is 53.7. The molecule has 4 heterocycles. The number of anilines is 1. The number of halogens is 3. The Morgan fingerprint density at radius 2 is 2.00 bits per heavy atom. The number of likely N-dealkylation sites (tertiary alicyclic amines) is 2. The largest absolute Gasteiger partial charge is 0.493 e. The highest BCUT2D eigenvalue weighted by Crippen LogP contribution is 2.36. The number of rotatable bonds is 13. The highest BCUT2D eigenvalue weighted by molar-refractivity contribution is 5.77. The molecule has 8 nitrogen and oxygen atoms in total. The molecule has 2 fully saturated rings. The van der Waals surface area contributed by atoms with E-state index in [0.29, 0.717) is 31.7 Å². The molecule has 0 bridgehead atoms. The quantitative estimate of drug-likeness (QED) is 0.292. The summed E-state index contributed by atoms with van der Waals surface area (Å²) >= 11 is 0. The number of aliphatic carboxylic acids is 1. The molecular formula is C32H43F3N4O4. The van der Waals surface area contributed by atoms with E-state index in [0.717, 1.165) is 56.6 Å². The summed E-state index contributed by atoms with van der Waals surface area (Å²) in [7, 11) is 1.32.